The highest BCUT2D eigenvalue weighted by atomic mass is 16.3. The summed E-state index contributed by atoms with van der Waals surface area (Å²) in [6.07, 6.45) is 1.51. The number of Topliss-reactive ketones (excluding diaryl/α,β-unsaturated/α-hetero) is 1. The molecule has 0 heterocycles. The van der Waals surface area contributed by atoms with Gasteiger partial charge in [-0.1, -0.05) is 25.2 Å². The van der Waals surface area contributed by atoms with Gasteiger partial charge in [0.05, 0.1) is 13.2 Å². The fraction of sp³-hybridized carbons (Fsp3) is 0.417. The summed E-state index contributed by atoms with van der Waals surface area (Å²) >= 11 is 0. The van der Waals surface area contributed by atoms with Gasteiger partial charge in [-0.25, -0.2) is 0 Å². The van der Waals surface area contributed by atoms with E-state index in [1.54, 1.807) is 0 Å². The lowest BCUT2D eigenvalue weighted by Crippen LogP contribution is -2.24. The summed E-state index contributed by atoms with van der Waals surface area (Å²) in [5.74, 6) is -0.227. The minimum absolute atomic E-state index is 0.0113. The van der Waals surface area contributed by atoms with Crippen molar-refractivity contribution in [2.24, 2.45) is 5.92 Å². The third kappa shape index (κ3) is 1.80. The number of carbonyl (C=O) groups excluding carboxylic acids is 1. The molecule has 0 bridgehead atoms. The third-order valence-electron chi connectivity index (χ3n) is 3.04. The molecule has 0 saturated heterocycles. The van der Waals surface area contributed by atoms with Crippen molar-refractivity contribution in [1.82, 2.24) is 0 Å². The second kappa shape index (κ2) is 4.55. The van der Waals surface area contributed by atoms with Crippen molar-refractivity contribution in [3.05, 3.63) is 34.9 Å². The van der Waals surface area contributed by atoms with Crippen LogP contribution in [0.5, 0.6) is 0 Å². The van der Waals surface area contributed by atoms with E-state index in [2.05, 4.69) is 6.58 Å². The smallest absolute Gasteiger partial charge is 0.191 e. The molecule has 0 saturated carbocycles. The van der Waals surface area contributed by atoms with E-state index in [0.717, 1.165) is 5.57 Å². The fourth-order valence-corrected chi connectivity index (χ4v) is 1.90. The molecule has 1 aliphatic rings. The van der Waals surface area contributed by atoms with Gasteiger partial charge in [-0.2, -0.15) is 0 Å². The van der Waals surface area contributed by atoms with Crippen molar-refractivity contribution in [2.45, 2.75) is 13.8 Å². The highest BCUT2D eigenvalue weighted by Crippen LogP contribution is 2.32. The zero-order valence-corrected chi connectivity index (χ0v) is 9.08. The Labute approximate surface area is 89.4 Å². The summed E-state index contributed by atoms with van der Waals surface area (Å²) in [4.78, 5) is 11.9. The summed E-state index contributed by atoms with van der Waals surface area (Å²) in [5, 5.41) is 18.3. The Morgan fingerprint density at radius 1 is 1.40 bits per heavy atom. The van der Waals surface area contributed by atoms with Crippen LogP contribution in [-0.2, 0) is 4.79 Å². The number of ketones is 1. The highest BCUT2D eigenvalue weighted by molar-refractivity contribution is 6.12. The predicted octanol–water partition coefficient (Wildman–Crippen LogP) is 0.989. The molecule has 1 aliphatic carbocycles. The second-order valence-corrected chi connectivity index (χ2v) is 3.67. The third-order valence-corrected chi connectivity index (χ3v) is 3.04. The van der Waals surface area contributed by atoms with Gasteiger partial charge in [0.2, 0.25) is 0 Å². The molecule has 0 aromatic rings. The van der Waals surface area contributed by atoms with E-state index in [1.165, 1.54) is 6.08 Å². The molecule has 82 valence electrons. The first-order valence-electron chi connectivity index (χ1n) is 4.90. The minimum Gasteiger partial charge on any atom is -0.392 e. The van der Waals surface area contributed by atoms with Crippen molar-refractivity contribution < 1.29 is 15.0 Å². The number of aliphatic hydroxyl groups is 2. The van der Waals surface area contributed by atoms with Crippen LogP contribution < -0.4 is 0 Å². The van der Waals surface area contributed by atoms with Crippen LogP contribution in [0.15, 0.2) is 34.9 Å². The highest BCUT2D eigenvalue weighted by Gasteiger charge is 2.28. The summed E-state index contributed by atoms with van der Waals surface area (Å²) < 4.78 is 0. The van der Waals surface area contributed by atoms with Gasteiger partial charge >= 0.3 is 0 Å². The standard InChI is InChI=1S/C12H16O3/c1-4-9-7(2)8(3)10(5-13)11(6-14)12(9)15/h4,8,13-14H,1,5-6H2,2-3H3. The molecule has 15 heavy (non-hydrogen) atoms. The molecule has 0 aromatic carbocycles. The van der Waals surface area contributed by atoms with Gasteiger partial charge < -0.3 is 10.2 Å². The van der Waals surface area contributed by atoms with Gasteiger partial charge in [0.25, 0.3) is 0 Å². The predicted molar refractivity (Wildman–Crippen MR) is 58.3 cm³/mol. The molecule has 3 heteroatoms. The molecule has 0 fully saturated rings. The van der Waals surface area contributed by atoms with Crippen molar-refractivity contribution in [3.8, 4) is 0 Å². The van der Waals surface area contributed by atoms with Crippen LogP contribution in [-0.4, -0.2) is 29.2 Å². The topological polar surface area (TPSA) is 57.5 Å². The van der Waals surface area contributed by atoms with Crippen LogP contribution >= 0.6 is 0 Å². The molecule has 1 unspecified atom stereocenters. The molecule has 0 aliphatic heterocycles. The van der Waals surface area contributed by atoms with Crippen LogP contribution in [0.1, 0.15) is 13.8 Å². The van der Waals surface area contributed by atoms with Crippen molar-refractivity contribution in [1.29, 1.82) is 0 Å². The Kier molecular flexibility index (Phi) is 3.61. The Balaban J connectivity index is 3.31. The molecule has 0 aromatic heterocycles. The van der Waals surface area contributed by atoms with Gasteiger partial charge in [-0.3, -0.25) is 4.79 Å². The van der Waals surface area contributed by atoms with Crippen LogP contribution in [0.25, 0.3) is 0 Å². The number of hydrogen-bond acceptors (Lipinski definition) is 3. The molecule has 0 amide bonds. The van der Waals surface area contributed by atoms with E-state index in [-0.39, 0.29) is 24.9 Å². The molecule has 3 nitrogen and oxygen atoms in total. The maximum atomic E-state index is 11.9. The molecule has 0 radical (unpaired) electrons. The summed E-state index contributed by atoms with van der Waals surface area (Å²) in [7, 11) is 0. The zero-order valence-electron chi connectivity index (χ0n) is 9.08. The van der Waals surface area contributed by atoms with Crippen molar-refractivity contribution in [2.75, 3.05) is 13.2 Å². The van der Waals surface area contributed by atoms with Gasteiger partial charge in [0.15, 0.2) is 5.78 Å². The van der Waals surface area contributed by atoms with Crippen LogP contribution in [0.3, 0.4) is 0 Å². The van der Waals surface area contributed by atoms with E-state index in [9.17, 15) is 9.90 Å². The van der Waals surface area contributed by atoms with Gasteiger partial charge in [0, 0.05) is 17.1 Å². The molecule has 2 N–H and O–H groups in total. The van der Waals surface area contributed by atoms with E-state index >= 15 is 0 Å². The molecule has 0 spiro atoms. The number of hydrogen-bond donors (Lipinski definition) is 2. The quantitative estimate of drug-likeness (QED) is 0.727. The van der Waals surface area contributed by atoms with Gasteiger partial charge in [-0.15, -0.1) is 0 Å². The number of allylic oxidation sites excluding steroid dienone is 3. The Morgan fingerprint density at radius 2 is 2.00 bits per heavy atom. The summed E-state index contributed by atoms with van der Waals surface area (Å²) in [6.45, 7) is 6.83. The van der Waals surface area contributed by atoms with Crippen LogP contribution in [0.4, 0.5) is 0 Å². The largest absolute Gasteiger partial charge is 0.392 e. The fourth-order valence-electron chi connectivity index (χ4n) is 1.90. The molecular weight excluding hydrogens is 192 g/mol. The van der Waals surface area contributed by atoms with Gasteiger partial charge in [0.1, 0.15) is 0 Å². The minimum atomic E-state index is -0.330. The first kappa shape index (κ1) is 11.9. The van der Waals surface area contributed by atoms with Crippen LogP contribution in [0.2, 0.25) is 0 Å². The Morgan fingerprint density at radius 3 is 2.40 bits per heavy atom. The van der Waals surface area contributed by atoms with E-state index < -0.39 is 0 Å². The Hall–Kier alpha value is -1.19. The summed E-state index contributed by atoms with van der Waals surface area (Å²) in [5.41, 5.74) is 2.37. The van der Waals surface area contributed by atoms with E-state index in [4.69, 9.17) is 5.11 Å². The summed E-state index contributed by atoms with van der Waals surface area (Å²) in [6, 6.07) is 0. The maximum absolute atomic E-state index is 11.9. The second-order valence-electron chi connectivity index (χ2n) is 3.67. The van der Waals surface area contributed by atoms with Crippen LogP contribution in [0, 0.1) is 5.92 Å². The van der Waals surface area contributed by atoms with Crippen molar-refractivity contribution >= 4 is 5.78 Å². The van der Waals surface area contributed by atoms with E-state index in [0.29, 0.717) is 16.7 Å². The Bertz CT molecular complexity index is 361. The monoisotopic (exact) mass is 208 g/mol. The SMILES string of the molecule is C=CC1=C(C)C(C)C(CO)=C(CO)C1=O. The van der Waals surface area contributed by atoms with Gasteiger partial charge in [-0.05, 0) is 12.5 Å². The van der Waals surface area contributed by atoms with Crippen molar-refractivity contribution in [3.63, 3.8) is 0 Å². The first-order chi connectivity index (χ1) is 7.08. The van der Waals surface area contributed by atoms with E-state index in [1.807, 2.05) is 13.8 Å². The average molecular weight is 208 g/mol. The molecule has 1 atom stereocenters. The maximum Gasteiger partial charge on any atom is 0.191 e. The lowest BCUT2D eigenvalue weighted by atomic mass is 9.79. The lowest BCUT2D eigenvalue weighted by molar-refractivity contribution is -0.112. The molecule has 1 rings (SSSR count). The lowest BCUT2D eigenvalue weighted by Gasteiger charge is -2.26. The number of aliphatic hydroxyl groups excluding tert-OH is 2. The average Bonchev–Trinajstić information content (AvgIpc) is 2.23. The number of carbonyl (C=O) groups is 1. The number of rotatable bonds is 3. The molecular formula is C12H16O3. The normalized spacial score (nSPS) is 22.4. The first-order valence-corrected chi connectivity index (χ1v) is 4.90. The zero-order chi connectivity index (χ0) is 11.6.